The molecule has 1 amide bonds. The molecule has 0 aromatic carbocycles. The fraction of sp³-hybridized carbons (Fsp3) is 0.891. The Kier molecular flexibility index (Phi) is 42.9. The molecule has 11 heteroatoms. The van der Waals surface area contributed by atoms with Crippen molar-refractivity contribution in [2.24, 2.45) is 0 Å². The van der Waals surface area contributed by atoms with E-state index in [-0.39, 0.29) is 18.5 Å². The van der Waals surface area contributed by atoms with Crippen molar-refractivity contribution < 1.29 is 49.3 Å². The van der Waals surface area contributed by atoms with Gasteiger partial charge >= 0.3 is 5.97 Å². The Hall–Kier alpha value is -1.86. The van der Waals surface area contributed by atoms with Crippen LogP contribution >= 0.6 is 0 Å². The predicted octanol–water partition coefficient (Wildman–Crippen LogP) is 11.8. The molecule has 11 nitrogen and oxygen atoms in total. The predicted molar refractivity (Wildman–Crippen MR) is 269 cm³/mol. The van der Waals surface area contributed by atoms with E-state index in [1.807, 2.05) is 6.08 Å². The average Bonchev–Trinajstić information content (AvgIpc) is 3.31. The number of hydrogen-bond acceptors (Lipinski definition) is 10. The quantitative estimate of drug-likeness (QED) is 0.0196. The molecule has 0 aliphatic carbocycles. The van der Waals surface area contributed by atoms with Crippen LogP contribution in [0.3, 0.4) is 0 Å². The van der Waals surface area contributed by atoms with E-state index in [0.717, 1.165) is 83.5 Å². The minimum atomic E-state index is -1.57. The zero-order valence-corrected chi connectivity index (χ0v) is 42.4. The van der Waals surface area contributed by atoms with Crippen molar-refractivity contribution in [2.75, 3.05) is 19.8 Å². The maximum atomic E-state index is 13.0. The maximum Gasteiger partial charge on any atom is 0.305 e. The summed E-state index contributed by atoms with van der Waals surface area (Å²) >= 11 is 0. The lowest BCUT2D eigenvalue weighted by molar-refractivity contribution is -0.302. The largest absolute Gasteiger partial charge is 0.466 e. The van der Waals surface area contributed by atoms with Gasteiger partial charge in [0.2, 0.25) is 5.91 Å². The number of rotatable bonds is 47. The summed E-state index contributed by atoms with van der Waals surface area (Å²) in [4.78, 5) is 25.0. The molecule has 1 aliphatic heterocycles. The average molecular weight is 938 g/mol. The number of esters is 1. The highest BCUT2D eigenvalue weighted by Crippen LogP contribution is 2.23. The van der Waals surface area contributed by atoms with Crippen LogP contribution in [-0.4, -0.2) is 100 Å². The molecule has 0 saturated carbocycles. The van der Waals surface area contributed by atoms with Crippen LogP contribution in [0, 0.1) is 0 Å². The van der Waals surface area contributed by atoms with Crippen LogP contribution in [0.5, 0.6) is 0 Å². The maximum absolute atomic E-state index is 13.0. The van der Waals surface area contributed by atoms with Crippen molar-refractivity contribution in [2.45, 2.75) is 294 Å². The van der Waals surface area contributed by atoms with E-state index < -0.39 is 49.5 Å². The van der Waals surface area contributed by atoms with Crippen molar-refractivity contribution >= 4 is 11.9 Å². The first-order valence-electron chi connectivity index (χ1n) is 27.6. The Labute approximate surface area is 403 Å². The summed E-state index contributed by atoms with van der Waals surface area (Å²) in [6, 6.07) is -0.819. The van der Waals surface area contributed by atoms with Crippen LogP contribution in [0.2, 0.25) is 0 Å². The second kappa shape index (κ2) is 45.6. The number of nitrogens with one attached hydrogen (secondary N) is 1. The van der Waals surface area contributed by atoms with Gasteiger partial charge in [-0.15, -0.1) is 0 Å². The monoisotopic (exact) mass is 938 g/mol. The van der Waals surface area contributed by atoms with E-state index in [4.69, 9.17) is 14.2 Å². The third-order valence-corrected chi connectivity index (χ3v) is 13.1. The Morgan fingerprint density at radius 3 is 1.45 bits per heavy atom. The van der Waals surface area contributed by atoms with Crippen LogP contribution in [0.25, 0.3) is 0 Å². The van der Waals surface area contributed by atoms with E-state index in [9.17, 15) is 35.1 Å². The summed E-state index contributed by atoms with van der Waals surface area (Å²) in [6.07, 6.45) is 42.7. The van der Waals surface area contributed by atoms with Crippen molar-refractivity contribution in [1.29, 1.82) is 0 Å². The van der Waals surface area contributed by atoms with Gasteiger partial charge in [0.15, 0.2) is 6.29 Å². The van der Waals surface area contributed by atoms with E-state index in [0.29, 0.717) is 19.4 Å². The molecule has 0 spiro atoms. The van der Waals surface area contributed by atoms with Crippen LogP contribution in [0.15, 0.2) is 24.3 Å². The smallest absolute Gasteiger partial charge is 0.305 e. The first-order valence-corrected chi connectivity index (χ1v) is 27.6. The lowest BCUT2D eigenvalue weighted by Crippen LogP contribution is -2.60. The SMILES string of the molecule is CCCCCCCCC/C=C/C(O)C(COC1OC(CO)C(O)C(O)C1O)NC(=O)CCCCCCCCC/C=C\CCCCCCOC(=O)CCCCCCCCCCCCCCCC. The first kappa shape index (κ1) is 62.2. The van der Waals surface area contributed by atoms with Crippen LogP contribution < -0.4 is 5.32 Å². The van der Waals surface area contributed by atoms with Gasteiger partial charge in [-0.2, -0.15) is 0 Å². The van der Waals surface area contributed by atoms with Crippen molar-refractivity contribution in [3.63, 3.8) is 0 Å². The summed E-state index contributed by atoms with van der Waals surface area (Å²) in [5.74, 6) is -0.227. The second-order valence-corrected chi connectivity index (χ2v) is 19.3. The van der Waals surface area contributed by atoms with Crippen molar-refractivity contribution in [1.82, 2.24) is 5.32 Å². The summed E-state index contributed by atoms with van der Waals surface area (Å²) < 4.78 is 16.6. The third kappa shape index (κ3) is 35.3. The molecular weight excluding hydrogens is 835 g/mol. The number of hydrogen-bond donors (Lipinski definition) is 6. The number of carbonyl (C=O) groups excluding carboxylic acids is 2. The molecule has 0 bridgehead atoms. The van der Waals surface area contributed by atoms with Crippen LogP contribution in [0.4, 0.5) is 0 Å². The topological polar surface area (TPSA) is 175 Å². The lowest BCUT2D eigenvalue weighted by Gasteiger charge is -2.40. The van der Waals surface area contributed by atoms with Gasteiger partial charge in [-0.1, -0.05) is 205 Å². The lowest BCUT2D eigenvalue weighted by atomic mass is 9.99. The molecule has 388 valence electrons. The van der Waals surface area contributed by atoms with Gasteiger partial charge in [0.05, 0.1) is 32.0 Å². The molecule has 0 radical (unpaired) electrons. The van der Waals surface area contributed by atoms with Crippen molar-refractivity contribution in [3.8, 4) is 0 Å². The summed E-state index contributed by atoms with van der Waals surface area (Å²) in [5, 5.41) is 54.1. The summed E-state index contributed by atoms with van der Waals surface area (Å²) in [6.45, 7) is 4.26. The Morgan fingerprint density at radius 2 is 0.970 bits per heavy atom. The van der Waals surface area contributed by atoms with Gasteiger partial charge in [-0.05, 0) is 57.8 Å². The van der Waals surface area contributed by atoms with Gasteiger partial charge in [0.1, 0.15) is 24.4 Å². The molecule has 6 N–H and O–H groups in total. The van der Waals surface area contributed by atoms with E-state index in [1.165, 1.54) is 141 Å². The number of aliphatic hydroxyl groups excluding tert-OH is 5. The molecule has 1 heterocycles. The number of aliphatic hydroxyl groups is 5. The van der Waals surface area contributed by atoms with Crippen LogP contribution in [0.1, 0.15) is 251 Å². The first-order chi connectivity index (χ1) is 32.2. The fourth-order valence-electron chi connectivity index (χ4n) is 8.60. The van der Waals surface area contributed by atoms with Gasteiger partial charge < -0.3 is 45.1 Å². The second-order valence-electron chi connectivity index (χ2n) is 19.3. The van der Waals surface area contributed by atoms with Gasteiger partial charge in [0, 0.05) is 12.8 Å². The third-order valence-electron chi connectivity index (χ3n) is 13.1. The molecule has 0 aromatic rings. The molecule has 1 aliphatic rings. The molecule has 7 atom stereocenters. The van der Waals surface area contributed by atoms with E-state index >= 15 is 0 Å². The Bertz CT molecular complexity index is 1150. The van der Waals surface area contributed by atoms with Crippen molar-refractivity contribution in [3.05, 3.63) is 24.3 Å². The molecule has 0 aromatic heterocycles. The van der Waals surface area contributed by atoms with E-state index in [2.05, 4.69) is 31.3 Å². The fourth-order valence-corrected chi connectivity index (χ4v) is 8.60. The highest BCUT2D eigenvalue weighted by atomic mass is 16.7. The normalized spacial score (nSPS) is 19.8. The molecule has 1 fully saturated rings. The zero-order valence-electron chi connectivity index (χ0n) is 42.4. The molecule has 7 unspecified atom stereocenters. The number of unbranched alkanes of at least 4 members (excludes halogenated alkanes) is 31. The Balaban J connectivity index is 2.09. The summed E-state index contributed by atoms with van der Waals surface area (Å²) in [7, 11) is 0. The summed E-state index contributed by atoms with van der Waals surface area (Å²) in [5.41, 5.74) is 0. The molecule has 1 rings (SSSR count). The number of amides is 1. The molecular formula is C55H103NO10. The zero-order chi connectivity index (χ0) is 48.1. The van der Waals surface area contributed by atoms with E-state index in [1.54, 1.807) is 6.08 Å². The molecule has 66 heavy (non-hydrogen) atoms. The number of ether oxygens (including phenoxy) is 3. The number of carbonyl (C=O) groups is 2. The van der Waals surface area contributed by atoms with Gasteiger partial charge in [0.25, 0.3) is 0 Å². The molecule has 1 saturated heterocycles. The minimum Gasteiger partial charge on any atom is -0.466 e. The Morgan fingerprint density at radius 1 is 0.545 bits per heavy atom. The highest BCUT2D eigenvalue weighted by molar-refractivity contribution is 5.76. The van der Waals surface area contributed by atoms with Crippen LogP contribution in [-0.2, 0) is 23.8 Å². The minimum absolute atomic E-state index is 0.0275. The van der Waals surface area contributed by atoms with Gasteiger partial charge in [-0.3, -0.25) is 9.59 Å². The highest BCUT2D eigenvalue weighted by Gasteiger charge is 2.44. The number of allylic oxidation sites excluding steroid dienone is 3. The van der Waals surface area contributed by atoms with Gasteiger partial charge in [-0.25, -0.2) is 0 Å². The standard InChI is InChI=1S/C55H103NO10/c1-3-5-7-9-11-13-14-15-20-23-27-31-35-39-43-51(60)64-44-40-36-32-28-24-21-18-16-17-19-22-26-30-34-38-42-50(59)56-47(48(58)41-37-33-29-25-12-10-8-6-4-2)46-65-55-54(63)53(62)52(61)49(45-57)66-55/h18,21,37,41,47-49,52-55,57-58,61-63H,3-17,19-20,22-36,38-40,42-46H2,1-2H3,(H,56,59)/b21-18-,41-37+.